The van der Waals surface area contributed by atoms with Crippen molar-refractivity contribution in [1.82, 2.24) is 9.80 Å². The van der Waals surface area contributed by atoms with E-state index in [9.17, 15) is 13.5 Å². The molecule has 0 aliphatic carbocycles. The molecule has 2 aliphatic heterocycles. The second-order valence-electron chi connectivity index (χ2n) is 5.31. The van der Waals surface area contributed by atoms with Gasteiger partial charge in [-0.3, -0.25) is 9.80 Å². The molecular weight excluding hydrogens is 240 g/mol. The molecule has 1 atom stereocenters. The fraction of sp³-hybridized carbons (Fsp3) is 1.00. The molecule has 0 aromatic heterocycles. The van der Waals surface area contributed by atoms with Gasteiger partial charge in [0.2, 0.25) is 0 Å². The van der Waals surface area contributed by atoms with E-state index in [0.29, 0.717) is 6.54 Å². The van der Waals surface area contributed by atoms with E-state index in [1.54, 1.807) is 0 Å². The molecule has 2 aliphatic rings. The van der Waals surface area contributed by atoms with Crippen LogP contribution in [0.25, 0.3) is 0 Å². The maximum absolute atomic E-state index is 11.4. The van der Waals surface area contributed by atoms with Crippen LogP contribution >= 0.6 is 0 Å². The molecule has 0 bridgehead atoms. The van der Waals surface area contributed by atoms with E-state index < -0.39 is 9.84 Å². The van der Waals surface area contributed by atoms with Gasteiger partial charge < -0.3 is 5.11 Å². The first kappa shape index (κ1) is 13.3. The van der Waals surface area contributed by atoms with Crippen LogP contribution in [0, 0.1) is 0 Å². The summed E-state index contributed by atoms with van der Waals surface area (Å²) in [5, 5.41) is 9.23. The summed E-state index contributed by atoms with van der Waals surface area (Å²) in [7, 11) is -2.89. The van der Waals surface area contributed by atoms with Gasteiger partial charge >= 0.3 is 0 Å². The van der Waals surface area contributed by atoms with Crippen molar-refractivity contribution in [3.8, 4) is 0 Å². The van der Waals surface area contributed by atoms with E-state index in [-0.39, 0.29) is 11.4 Å². The minimum absolute atomic E-state index is 0.145. The van der Waals surface area contributed by atoms with Gasteiger partial charge in [0, 0.05) is 32.4 Å². The normalized spacial score (nSPS) is 29.9. The van der Waals surface area contributed by atoms with E-state index in [2.05, 4.69) is 9.80 Å². The van der Waals surface area contributed by atoms with Gasteiger partial charge in [0.25, 0.3) is 0 Å². The highest BCUT2D eigenvalue weighted by molar-refractivity contribution is 7.91. The van der Waals surface area contributed by atoms with Crippen molar-refractivity contribution in [3.63, 3.8) is 0 Å². The molecule has 5 nitrogen and oxygen atoms in total. The lowest BCUT2D eigenvalue weighted by atomic mass is 10.1. The summed E-state index contributed by atoms with van der Waals surface area (Å²) in [6, 6.07) is 0. The standard InChI is InChI=1S/C11H22N2O3S/c1-17(15,16)11-4-7-13(8-11)9-12-5-2-10(14)3-6-12/h10-11,14H,2-9H2,1H3. The van der Waals surface area contributed by atoms with Crippen molar-refractivity contribution in [2.45, 2.75) is 30.6 Å². The van der Waals surface area contributed by atoms with Crippen molar-refractivity contribution < 1.29 is 13.5 Å². The third-order valence-corrected chi connectivity index (χ3v) is 5.39. The highest BCUT2D eigenvalue weighted by Crippen LogP contribution is 2.18. The Labute approximate surface area is 103 Å². The maximum atomic E-state index is 11.4. The van der Waals surface area contributed by atoms with Crippen LogP contribution in [0.2, 0.25) is 0 Å². The molecule has 0 radical (unpaired) electrons. The van der Waals surface area contributed by atoms with Crippen molar-refractivity contribution in [2.75, 3.05) is 39.1 Å². The van der Waals surface area contributed by atoms with Gasteiger partial charge in [-0.2, -0.15) is 0 Å². The fourth-order valence-electron chi connectivity index (χ4n) is 2.62. The van der Waals surface area contributed by atoms with Gasteiger partial charge in [0.05, 0.1) is 18.0 Å². The van der Waals surface area contributed by atoms with Crippen LogP contribution in [0.5, 0.6) is 0 Å². The minimum Gasteiger partial charge on any atom is -0.393 e. The molecule has 1 N–H and O–H groups in total. The third-order valence-electron chi connectivity index (χ3n) is 3.79. The van der Waals surface area contributed by atoms with Crippen molar-refractivity contribution in [1.29, 1.82) is 0 Å². The Kier molecular flexibility index (Phi) is 4.07. The molecule has 2 heterocycles. The summed E-state index contributed by atoms with van der Waals surface area (Å²) in [5.74, 6) is 0. The van der Waals surface area contributed by atoms with E-state index in [0.717, 1.165) is 45.6 Å². The summed E-state index contributed by atoms with van der Waals surface area (Å²) >= 11 is 0. The van der Waals surface area contributed by atoms with Crippen LogP contribution < -0.4 is 0 Å². The number of nitrogens with zero attached hydrogens (tertiary/aromatic N) is 2. The molecule has 17 heavy (non-hydrogen) atoms. The lowest BCUT2D eigenvalue weighted by Crippen LogP contribution is -2.43. The Morgan fingerprint density at radius 3 is 2.24 bits per heavy atom. The van der Waals surface area contributed by atoms with Crippen molar-refractivity contribution in [3.05, 3.63) is 0 Å². The predicted octanol–water partition coefficient (Wildman–Crippen LogP) is -0.480. The summed E-state index contributed by atoms with van der Waals surface area (Å²) in [6.45, 7) is 4.22. The molecule has 0 aromatic carbocycles. The average molecular weight is 262 g/mol. The molecular formula is C11H22N2O3S. The summed E-state index contributed by atoms with van der Waals surface area (Å²) in [4.78, 5) is 4.51. The molecule has 2 saturated heterocycles. The zero-order valence-corrected chi connectivity index (χ0v) is 11.2. The van der Waals surface area contributed by atoms with Crippen LogP contribution in [-0.2, 0) is 9.84 Å². The molecule has 6 heteroatoms. The largest absolute Gasteiger partial charge is 0.393 e. The van der Waals surface area contributed by atoms with E-state index in [1.807, 2.05) is 0 Å². The monoisotopic (exact) mass is 262 g/mol. The Hall–Kier alpha value is -0.170. The highest BCUT2D eigenvalue weighted by Gasteiger charge is 2.31. The first-order valence-electron chi connectivity index (χ1n) is 6.27. The number of sulfone groups is 1. The topological polar surface area (TPSA) is 60.9 Å². The Balaban J connectivity index is 1.78. The minimum atomic E-state index is -2.89. The van der Waals surface area contributed by atoms with E-state index in [1.165, 1.54) is 6.26 Å². The van der Waals surface area contributed by atoms with E-state index in [4.69, 9.17) is 0 Å². The summed E-state index contributed by atoms with van der Waals surface area (Å²) < 4.78 is 22.9. The average Bonchev–Trinajstić information content (AvgIpc) is 2.69. The molecule has 0 amide bonds. The quantitative estimate of drug-likeness (QED) is 0.744. The molecule has 0 saturated carbocycles. The van der Waals surface area contributed by atoms with Gasteiger partial charge in [-0.05, 0) is 19.3 Å². The van der Waals surface area contributed by atoms with Gasteiger partial charge in [0.15, 0.2) is 9.84 Å². The van der Waals surface area contributed by atoms with Crippen LogP contribution in [0.1, 0.15) is 19.3 Å². The SMILES string of the molecule is CS(=O)(=O)C1CCN(CN2CCC(O)CC2)C1. The molecule has 2 rings (SSSR count). The fourth-order valence-corrected chi connectivity index (χ4v) is 3.63. The maximum Gasteiger partial charge on any atom is 0.151 e. The Morgan fingerprint density at radius 1 is 1.12 bits per heavy atom. The van der Waals surface area contributed by atoms with Crippen LogP contribution in [-0.4, -0.2) is 73.8 Å². The van der Waals surface area contributed by atoms with Gasteiger partial charge in [-0.15, -0.1) is 0 Å². The smallest absolute Gasteiger partial charge is 0.151 e. The van der Waals surface area contributed by atoms with Gasteiger partial charge in [-0.25, -0.2) is 8.42 Å². The molecule has 1 unspecified atom stereocenters. The van der Waals surface area contributed by atoms with Crippen LogP contribution in [0.3, 0.4) is 0 Å². The zero-order valence-electron chi connectivity index (χ0n) is 10.4. The van der Waals surface area contributed by atoms with Gasteiger partial charge in [0.1, 0.15) is 0 Å². The number of rotatable bonds is 3. The number of likely N-dealkylation sites (tertiary alicyclic amines) is 2. The number of aliphatic hydroxyl groups is 1. The first-order chi connectivity index (χ1) is 7.95. The van der Waals surface area contributed by atoms with Crippen LogP contribution in [0.15, 0.2) is 0 Å². The molecule has 0 aromatic rings. The molecule has 0 spiro atoms. The number of piperidine rings is 1. The molecule has 100 valence electrons. The van der Waals surface area contributed by atoms with Gasteiger partial charge in [-0.1, -0.05) is 0 Å². The van der Waals surface area contributed by atoms with Crippen LogP contribution in [0.4, 0.5) is 0 Å². The number of hydrogen-bond donors (Lipinski definition) is 1. The lowest BCUT2D eigenvalue weighted by molar-refractivity contribution is 0.0553. The Morgan fingerprint density at radius 2 is 1.71 bits per heavy atom. The first-order valence-corrected chi connectivity index (χ1v) is 8.22. The second kappa shape index (κ2) is 5.22. The third kappa shape index (κ3) is 3.64. The Bertz CT molecular complexity index is 350. The van der Waals surface area contributed by atoms with Crippen molar-refractivity contribution >= 4 is 9.84 Å². The molecule has 2 fully saturated rings. The van der Waals surface area contributed by atoms with E-state index >= 15 is 0 Å². The lowest BCUT2D eigenvalue weighted by Gasteiger charge is -2.32. The zero-order chi connectivity index (χ0) is 12.5. The summed E-state index contributed by atoms with van der Waals surface area (Å²) in [5.41, 5.74) is 0. The predicted molar refractivity (Wildman–Crippen MR) is 66.5 cm³/mol. The summed E-state index contributed by atoms with van der Waals surface area (Å²) in [6.07, 6.45) is 3.62. The van der Waals surface area contributed by atoms with Crippen molar-refractivity contribution in [2.24, 2.45) is 0 Å². The highest BCUT2D eigenvalue weighted by atomic mass is 32.2. The second-order valence-corrected chi connectivity index (χ2v) is 7.63. The number of aliphatic hydroxyl groups excluding tert-OH is 1. The number of hydrogen-bond acceptors (Lipinski definition) is 5.